The monoisotopic (exact) mass is 1740 g/mol. The Bertz CT molecular complexity index is 6080. The van der Waals surface area contributed by atoms with Crippen LogP contribution >= 0.6 is 23.2 Å². The predicted molar refractivity (Wildman–Crippen MR) is 480 cm³/mol. The summed E-state index contributed by atoms with van der Waals surface area (Å²) in [5, 5.41) is 0.913. The van der Waals surface area contributed by atoms with E-state index in [1.54, 1.807) is 174 Å². The lowest BCUT2D eigenvalue weighted by Crippen LogP contribution is -2.24. The normalized spacial score (nSPS) is 15.7. The first kappa shape index (κ1) is 89.1. The molecule has 644 valence electrons. The van der Waals surface area contributed by atoms with Gasteiger partial charge in [0.15, 0.2) is 57.6 Å². The van der Waals surface area contributed by atoms with E-state index in [-0.39, 0.29) is 53.0 Å². The number of amides is 8. The fourth-order valence-electron chi connectivity index (χ4n) is 15.2. The van der Waals surface area contributed by atoms with Crippen LogP contribution in [0.4, 0.5) is 27.1 Å². The molecule has 8 N–H and O–H groups in total. The fraction of sp³-hybridized carbons (Fsp3) is 0.192. The first-order valence-electron chi connectivity index (χ1n) is 40.2. The largest absolute Gasteiger partial charge is 0.493 e. The Morgan fingerprint density at radius 3 is 1.03 bits per heavy atom. The molecule has 0 saturated carbocycles. The molecule has 27 heteroatoms. The van der Waals surface area contributed by atoms with Gasteiger partial charge < -0.3 is 80.4 Å². The van der Waals surface area contributed by atoms with E-state index in [0.717, 1.165) is 44.7 Å². The second kappa shape index (κ2) is 40.5. The van der Waals surface area contributed by atoms with Gasteiger partial charge in [-0.3, -0.25) is 38.4 Å². The third-order valence-corrected chi connectivity index (χ3v) is 22.3. The summed E-state index contributed by atoms with van der Waals surface area (Å²) >= 11 is 12.2. The van der Waals surface area contributed by atoms with E-state index in [4.69, 9.17) is 84.0 Å². The fourth-order valence-corrected chi connectivity index (χ4v) is 15.7. The number of aryl methyl sites for hydroxylation is 2. The van der Waals surface area contributed by atoms with Crippen molar-refractivity contribution < 1.29 is 80.6 Å². The number of carbonyl (C=O) groups is 8. The summed E-state index contributed by atoms with van der Waals surface area (Å²) in [4.78, 5) is 104. The van der Waals surface area contributed by atoms with E-state index in [1.165, 1.54) is 13.2 Å². The lowest BCUT2D eigenvalue weighted by atomic mass is 9.98. The number of hydrogen-bond donors (Lipinski definition) is 4. The van der Waals surface area contributed by atoms with Crippen LogP contribution in [0.3, 0.4) is 0 Å². The molecule has 0 aliphatic carbocycles. The van der Waals surface area contributed by atoms with E-state index in [0.29, 0.717) is 165 Å². The molecule has 4 fully saturated rings. The van der Waals surface area contributed by atoms with E-state index in [1.807, 2.05) is 135 Å². The van der Waals surface area contributed by atoms with Gasteiger partial charge in [0.25, 0.3) is 0 Å². The van der Waals surface area contributed by atoms with Crippen molar-refractivity contribution in [2.45, 2.75) is 69.8 Å². The quantitative estimate of drug-likeness (QED) is 0.0413. The van der Waals surface area contributed by atoms with Crippen molar-refractivity contribution in [3.05, 3.63) is 338 Å². The summed E-state index contributed by atoms with van der Waals surface area (Å²) in [5.41, 5.74) is 32.3. The number of halogens is 3. The minimum atomic E-state index is -0.546. The van der Waals surface area contributed by atoms with E-state index >= 15 is 0 Å². The van der Waals surface area contributed by atoms with E-state index in [2.05, 4.69) is 0 Å². The van der Waals surface area contributed by atoms with Crippen molar-refractivity contribution in [1.29, 1.82) is 0 Å². The zero-order valence-corrected chi connectivity index (χ0v) is 71.3. The smallest absolute Gasteiger partial charge is 0.248 e. The van der Waals surface area contributed by atoms with Gasteiger partial charge in [-0.25, -0.2) is 4.39 Å². The number of hydrogen-bond acceptors (Lipinski definition) is 16. The van der Waals surface area contributed by atoms with Gasteiger partial charge in [-0.05, 0) is 211 Å². The minimum absolute atomic E-state index is 0.00353. The molecule has 0 bridgehead atoms. The number of primary amides is 4. The van der Waals surface area contributed by atoms with E-state index in [9.17, 15) is 42.7 Å². The number of nitrogens with zero attached hydrogens (tertiary/aromatic N) is 4. The van der Waals surface area contributed by atoms with Crippen LogP contribution in [-0.2, 0) is 25.8 Å². The topological polar surface area (TPSA) is 327 Å². The number of anilines is 4. The standard InChI is InChI=1S/C25H23FN2O4.2C25H24N2O4.C24H20Cl2N2O4/c1-15-6-8-20(26)22(10-15)32-23-12-16(7-9-21(23)31-2)18-13-24(29)28(14-18)19-5-3-4-17(11-19)25(27)30;1-16-6-3-4-9-21(16)31-23-13-17(10-11-22(23)30-2)19-14-24(28)27(15-19)20-8-5-7-18(12-20)25(26)29;1-30-22-11-10-18(13-23(22)31-16-17-6-3-2-4-7-17)20-14-24(28)27(15-20)21-9-5-8-19(12-21)25(26)29;1-31-21-6-5-14(8-22(21)32-20-11-17(25)10-18(26)12-20)16-9-23(29)28(13-16)19-4-2-3-15(7-19)24(27)30/h3-12,18H,13-14H2,1-2H3,(H2,27,30);3-13,19H,14-15H2,1-2H3,(H2,26,29);2-13,20H,14-16H2,1H3,(H2,26,29);2-8,10-12,16H,9,13H2,1H3,(H2,27,30). The molecule has 0 radical (unpaired) electrons. The van der Waals surface area contributed by atoms with Crippen LogP contribution in [0.1, 0.15) is 130 Å². The van der Waals surface area contributed by atoms with Crippen LogP contribution in [0.15, 0.2) is 261 Å². The average Bonchev–Trinajstić information content (AvgIpc) is 1.67. The van der Waals surface area contributed by atoms with Crippen molar-refractivity contribution in [2.24, 2.45) is 22.9 Å². The number of ether oxygens (including phenoxy) is 8. The Labute approximate surface area is 737 Å². The molecule has 12 aromatic rings. The van der Waals surface area contributed by atoms with E-state index < -0.39 is 29.4 Å². The molecular weight excluding hydrogens is 1650 g/mol. The first-order valence-corrected chi connectivity index (χ1v) is 41.0. The maximum Gasteiger partial charge on any atom is 0.248 e. The van der Waals surface area contributed by atoms with Gasteiger partial charge in [0, 0.05) is 131 Å². The molecule has 4 atom stereocenters. The Balaban J connectivity index is 0.000000144. The van der Waals surface area contributed by atoms with Gasteiger partial charge in [0.2, 0.25) is 47.3 Å². The minimum Gasteiger partial charge on any atom is -0.493 e. The van der Waals surface area contributed by atoms with Crippen LogP contribution in [0.25, 0.3) is 0 Å². The van der Waals surface area contributed by atoms with Gasteiger partial charge in [-0.2, -0.15) is 0 Å². The predicted octanol–water partition coefficient (Wildman–Crippen LogP) is 18.3. The van der Waals surface area contributed by atoms with Gasteiger partial charge in [-0.1, -0.05) is 126 Å². The van der Waals surface area contributed by atoms with Crippen molar-refractivity contribution in [3.8, 4) is 63.2 Å². The third kappa shape index (κ3) is 21.8. The first-order chi connectivity index (χ1) is 60.7. The number of para-hydroxylation sites is 1. The molecule has 4 aliphatic heterocycles. The number of carbonyl (C=O) groups excluding carboxylic acids is 8. The van der Waals surface area contributed by atoms with Gasteiger partial charge in [0.05, 0.1) is 28.4 Å². The average molecular weight is 1740 g/mol. The number of nitrogens with two attached hydrogens (primary N) is 4. The summed E-state index contributed by atoms with van der Waals surface area (Å²) in [5.74, 6) is 2.92. The summed E-state index contributed by atoms with van der Waals surface area (Å²) in [6.07, 6.45) is 1.38. The summed E-state index contributed by atoms with van der Waals surface area (Å²) in [6, 6.07) is 77.0. The summed E-state index contributed by atoms with van der Waals surface area (Å²) < 4.78 is 60.0. The number of methoxy groups -OCH3 is 4. The maximum absolute atomic E-state index is 14.2. The van der Waals surface area contributed by atoms with Crippen molar-refractivity contribution in [3.63, 3.8) is 0 Å². The number of benzene rings is 12. The molecule has 16 rings (SSSR count). The van der Waals surface area contributed by atoms with Crippen LogP contribution in [0, 0.1) is 19.7 Å². The van der Waals surface area contributed by atoms with Crippen molar-refractivity contribution in [1.82, 2.24) is 0 Å². The molecule has 0 spiro atoms. The highest BCUT2D eigenvalue weighted by Crippen LogP contribution is 2.45. The van der Waals surface area contributed by atoms with Crippen LogP contribution in [0.2, 0.25) is 10.0 Å². The molecular formula is C99H91Cl2FN8O16. The van der Waals surface area contributed by atoms with Gasteiger partial charge >= 0.3 is 0 Å². The Kier molecular flexibility index (Phi) is 28.7. The molecule has 126 heavy (non-hydrogen) atoms. The maximum atomic E-state index is 14.2. The third-order valence-electron chi connectivity index (χ3n) is 21.8. The Morgan fingerprint density at radius 2 is 0.675 bits per heavy atom. The van der Waals surface area contributed by atoms with Crippen LogP contribution in [0.5, 0.6) is 63.2 Å². The molecule has 4 aliphatic rings. The van der Waals surface area contributed by atoms with Crippen molar-refractivity contribution in [2.75, 3.05) is 74.2 Å². The summed E-state index contributed by atoms with van der Waals surface area (Å²) in [7, 11) is 6.28. The lowest BCUT2D eigenvalue weighted by molar-refractivity contribution is -0.118. The molecule has 4 heterocycles. The van der Waals surface area contributed by atoms with Crippen molar-refractivity contribution >= 4 is 93.2 Å². The highest BCUT2D eigenvalue weighted by molar-refractivity contribution is 6.34. The molecule has 4 unspecified atom stereocenters. The summed E-state index contributed by atoms with van der Waals surface area (Å²) in [6.45, 7) is 6.20. The second-order valence-corrected chi connectivity index (χ2v) is 31.2. The van der Waals surface area contributed by atoms with Gasteiger partial charge in [0.1, 0.15) is 18.1 Å². The number of rotatable bonds is 25. The molecule has 12 aromatic carbocycles. The molecule has 4 saturated heterocycles. The zero-order valence-electron chi connectivity index (χ0n) is 69.8. The lowest BCUT2D eigenvalue weighted by Gasteiger charge is -2.18. The van der Waals surface area contributed by atoms with Crippen LogP contribution in [-0.4, -0.2) is 102 Å². The second-order valence-electron chi connectivity index (χ2n) is 30.3. The molecule has 8 amide bonds. The molecule has 0 aromatic heterocycles. The Hall–Kier alpha value is -14.7. The highest BCUT2D eigenvalue weighted by Gasteiger charge is 2.37. The van der Waals surface area contributed by atoms with Crippen LogP contribution < -0.4 is 80.4 Å². The molecule has 24 nitrogen and oxygen atoms in total. The Morgan fingerprint density at radius 1 is 0.341 bits per heavy atom. The SMILES string of the molecule is COc1ccc(C2CC(=O)N(c3cccc(C(N)=O)c3)C2)cc1OCc1ccccc1.COc1ccc(C2CC(=O)N(c3cccc(C(N)=O)c3)C2)cc1Oc1cc(C)ccc1F.COc1ccc(C2CC(=O)N(c3cccc(C(N)=O)c3)C2)cc1Oc1cc(Cl)cc(Cl)c1.COc1ccc(C2CC(=O)N(c3cccc(C(N)=O)c3)C2)cc1Oc1ccccc1C. The van der Waals surface area contributed by atoms with Gasteiger partial charge in [-0.15, -0.1) is 0 Å². The highest BCUT2D eigenvalue weighted by atomic mass is 35.5. The zero-order chi connectivity index (χ0) is 89.4.